The van der Waals surface area contributed by atoms with Crippen LogP contribution in [0, 0.1) is 13.8 Å². The lowest BCUT2D eigenvalue weighted by Gasteiger charge is -2.22. The summed E-state index contributed by atoms with van der Waals surface area (Å²) < 4.78 is 0. The fraction of sp³-hybridized carbons (Fsp3) is 0.350. The third kappa shape index (κ3) is 4.65. The van der Waals surface area contributed by atoms with Gasteiger partial charge in [0.2, 0.25) is 0 Å². The zero-order chi connectivity index (χ0) is 18.5. The Morgan fingerprint density at radius 1 is 1.23 bits per heavy atom. The lowest BCUT2D eigenvalue weighted by atomic mass is 10.1. The van der Waals surface area contributed by atoms with Crippen LogP contribution in [-0.2, 0) is 13.1 Å². The first-order valence-electron chi connectivity index (χ1n) is 8.82. The third-order valence-corrected chi connectivity index (χ3v) is 5.27. The van der Waals surface area contributed by atoms with E-state index in [1.807, 2.05) is 19.1 Å². The molecule has 26 heavy (non-hydrogen) atoms. The molecule has 0 aliphatic carbocycles. The monoisotopic (exact) mass is 371 g/mol. The predicted octanol–water partition coefficient (Wildman–Crippen LogP) is 3.94. The van der Waals surface area contributed by atoms with Crippen LogP contribution < -0.4 is 5.32 Å². The number of aryl methyl sites for hydroxylation is 2. The summed E-state index contributed by atoms with van der Waals surface area (Å²) >= 11 is 1.70. The summed E-state index contributed by atoms with van der Waals surface area (Å²) in [6.07, 6.45) is 0.576. The molecular formula is C20H25N3O2S. The van der Waals surface area contributed by atoms with E-state index in [2.05, 4.69) is 41.5 Å². The van der Waals surface area contributed by atoms with Crippen LogP contribution in [0.3, 0.4) is 0 Å². The van der Waals surface area contributed by atoms with Crippen molar-refractivity contribution >= 4 is 28.3 Å². The number of nitrogens with one attached hydrogen (secondary N) is 2. The van der Waals surface area contributed by atoms with Crippen LogP contribution in [0.15, 0.2) is 36.4 Å². The van der Waals surface area contributed by atoms with Crippen LogP contribution in [0.25, 0.3) is 10.9 Å². The lowest BCUT2D eigenvalue weighted by Crippen LogP contribution is -2.39. The first-order valence-corrected chi connectivity index (χ1v) is 9.64. The second kappa shape index (κ2) is 8.38. The van der Waals surface area contributed by atoms with Crippen molar-refractivity contribution in [3.8, 4) is 0 Å². The summed E-state index contributed by atoms with van der Waals surface area (Å²) in [5.41, 5.74) is 3.30. The SMILES string of the molecule is Cc1cc2cc(CNC(=O)N(CCCO)Cc3ccc(C)s3)ccc2[nH]1. The number of hydrogen-bond donors (Lipinski definition) is 3. The third-order valence-electron chi connectivity index (χ3n) is 4.28. The molecule has 0 saturated heterocycles. The minimum Gasteiger partial charge on any atom is -0.396 e. The number of amides is 2. The maximum atomic E-state index is 12.6. The molecule has 0 aliphatic rings. The molecule has 0 fully saturated rings. The van der Waals surface area contributed by atoms with E-state index in [0.717, 1.165) is 27.0 Å². The second-order valence-electron chi connectivity index (χ2n) is 6.54. The van der Waals surface area contributed by atoms with Crippen LogP contribution in [0.4, 0.5) is 4.79 Å². The van der Waals surface area contributed by atoms with Crippen molar-refractivity contribution in [1.82, 2.24) is 15.2 Å². The number of benzene rings is 1. The van der Waals surface area contributed by atoms with Gasteiger partial charge in [-0.25, -0.2) is 4.79 Å². The molecule has 1 aromatic carbocycles. The van der Waals surface area contributed by atoms with Gasteiger partial charge in [-0.15, -0.1) is 11.3 Å². The molecule has 3 rings (SSSR count). The number of aliphatic hydroxyl groups excluding tert-OH is 1. The normalized spacial score (nSPS) is 11.0. The maximum absolute atomic E-state index is 12.6. The predicted molar refractivity (Wildman–Crippen MR) is 106 cm³/mol. The summed E-state index contributed by atoms with van der Waals surface area (Å²) in [6.45, 7) is 5.77. The van der Waals surface area contributed by atoms with Crippen molar-refractivity contribution in [3.63, 3.8) is 0 Å². The van der Waals surface area contributed by atoms with Crippen molar-refractivity contribution < 1.29 is 9.90 Å². The molecule has 138 valence electrons. The molecule has 6 heteroatoms. The number of aliphatic hydroxyl groups is 1. The van der Waals surface area contributed by atoms with Crippen LogP contribution in [0.5, 0.6) is 0 Å². The van der Waals surface area contributed by atoms with Crippen LogP contribution in [0.1, 0.15) is 27.4 Å². The molecule has 2 heterocycles. The van der Waals surface area contributed by atoms with Gasteiger partial charge in [-0.05, 0) is 61.5 Å². The van der Waals surface area contributed by atoms with Gasteiger partial charge in [0.1, 0.15) is 0 Å². The number of fused-ring (bicyclic) bond motifs is 1. The number of carbonyl (C=O) groups is 1. The summed E-state index contributed by atoms with van der Waals surface area (Å²) in [6, 6.07) is 12.3. The topological polar surface area (TPSA) is 68.4 Å². The fourth-order valence-corrected chi connectivity index (χ4v) is 3.90. The number of H-pyrrole nitrogens is 1. The average molecular weight is 372 g/mol. The first-order chi connectivity index (χ1) is 12.5. The summed E-state index contributed by atoms with van der Waals surface area (Å²) in [7, 11) is 0. The second-order valence-corrected chi connectivity index (χ2v) is 7.92. The first kappa shape index (κ1) is 18.5. The van der Waals surface area contributed by atoms with Crippen LogP contribution >= 0.6 is 11.3 Å². The highest BCUT2D eigenvalue weighted by Crippen LogP contribution is 2.18. The molecule has 0 atom stereocenters. The van der Waals surface area contributed by atoms with E-state index in [0.29, 0.717) is 26.1 Å². The highest BCUT2D eigenvalue weighted by atomic mass is 32.1. The Labute approximate surface area is 157 Å². The van der Waals surface area contributed by atoms with Gasteiger partial charge >= 0.3 is 6.03 Å². The van der Waals surface area contributed by atoms with E-state index < -0.39 is 0 Å². The van der Waals surface area contributed by atoms with Gasteiger partial charge in [-0.3, -0.25) is 0 Å². The standard InChI is InChI=1S/C20H25N3O2S/c1-14-10-17-11-16(5-7-19(17)22-14)12-21-20(25)23(8-3-9-24)13-18-6-4-15(2)26-18/h4-7,10-11,22,24H,3,8-9,12-13H2,1-2H3,(H,21,25). The zero-order valence-electron chi connectivity index (χ0n) is 15.2. The molecule has 3 aromatic rings. The molecule has 2 amide bonds. The van der Waals surface area contributed by atoms with Gasteiger partial charge in [0.05, 0.1) is 6.54 Å². The lowest BCUT2D eigenvalue weighted by molar-refractivity contribution is 0.186. The van der Waals surface area contributed by atoms with Crippen molar-refractivity contribution in [1.29, 1.82) is 0 Å². The fourth-order valence-electron chi connectivity index (χ4n) is 3.00. The minimum atomic E-state index is -0.102. The average Bonchev–Trinajstić information content (AvgIpc) is 3.20. The van der Waals surface area contributed by atoms with Gasteiger partial charge in [0.15, 0.2) is 0 Å². The van der Waals surface area contributed by atoms with Crippen LogP contribution in [0.2, 0.25) is 0 Å². The summed E-state index contributed by atoms with van der Waals surface area (Å²) in [5.74, 6) is 0. The van der Waals surface area contributed by atoms with Gasteiger partial charge in [-0.1, -0.05) is 6.07 Å². The Morgan fingerprint density at radius 3 is 2.81 bits per heavy atom. The van der Waals surface area contributed by atoms with Gasteiger partial charge in [0, 0.05) is 40.7 Å². The van der Waals surface area contributed by atoms with Crippen molar-refractivity contribution in [2.45, 2.75) is 33.4 Å². The molecular weight excluding hydrogens is 346 g/mol. The molecule has 0 radical (unpaired) electrons. The van der Waals surface area contributed by atoms with Crippen LogP contribution in [-0.4, -0.2) is 34.2 Å². The molecule has 0 spiro atoms. The minimum absolute atomic E-state index is 0.0801. The molecule has 0 unspecified atom stereocenters. The largest absolute Gasteiger partial charge is 0.396 e. The van der Waals surface area contributed by atoms with Crippen molar-refractivity contribution in [2.75, 3.05) is 13.2 Å². The Morgan fingerprint density at radius 2 is 2.08 bits per heavy atom. The van der Waals surface area contributed by atoms with Gasteiger partial charge < -0.3 is 20.3 Å². The van der Waals surface area contributed by atoms with E-state index in [9.17, 15) is 4.79 Å². The maximum Gasteiger partial charge on any atom is 0.317 e. The van der Waals surface area contributed by atoms with E-state index >= 15 is 0 Å². The molecule has 5 nitrogen and oxygen atoms in total. The highest BCUT2D eigenvalue weighted by molar-refractivity contribution is 7.11. The summed E-state index contributed by atoms with van der Waals surface area (Å²) in [5, 5.41) is 13.3. The number of carbonyl (C=O) groups excluding carboxylic acids is 1. The Kier molecular flexibility index (Phi) is 5.96. The highest BCUT2D eigenvalue weighted by Gasteiger charge is 2.14. The number of aromatic nitrogens is 1. The van der Waals surface area contributed by atoms with Gasteiger partial charge in [0.25, 0.3) is 0 Å². The van der Waals surface area contributed by atoms with E-state index in [4.69, 9.17) is 5.11 Å². The van der Waals surface area contributed by atoms with E-state index in [1.54, 1.807) is 16.2 Å². The number of nitrogens with zero attached hydrogens (tertiary/aromatic N) is 1. The van der Waals surface area contributed by atoms with E-state index in [1.165, 1.54) is 4.88 Å². The quantitative estimate of drug-likeness (QED) is 0.589. The smallest absolute Gasteiger partial charge is 0.317 e. The Hall–Kier alpha value is -2.31. The molecule has 3 N–H and O–H groups in total. The molecule has 0 bridgehead atoms. The molecule has 0 saturated carbocycles. The molecule has 0 aliphatic heterocycles. The van der Waals surface area contributed by atoms with Crippen molar-refractivity contribution in [2.24, 2.45) is 0 Å². The summed E-state index contributed by atoms with van der Waals surface area (Å²) in [4.78, 5) is 20.1. The number of rotatable bonds is 7. The number of aromatic amines is 1. The Bertz CT molecular complexity index is 884. The zero-order valence-corrected chi connectivity index (χ0v) is 16.0. The van der Waals surface area contributed by atoms with E-state index in [-0.39, 0.29) is 12.6 Å². The number of urea groups is 1. The number of thiophene rings is 1. The van der Waals surface area contributed by atoms with Crippen molar-refractivity contribution in [3.05, 3.63) is 57.4 Å². The van der Waals surface area contributed by atoms with Gasteiger partial charge in [-0.2, -0.15) is 0 Å². The number of hydrogen-bond acceptors (Lipinski definition) is 3. The molecule has 2 aromatic heterocycles. The Balaban J connectivity index is 1.63.